The molecular weight excluding hydrogens is 438 g/mol. The summed E-state index contributed by atoms with van der Waals surface area (Å²) < 4.78 is 33.4. The minimum Gasteiger partial charge on any atom is -0.361 e. The van der Waals surface area contributed by atoms with Crippen molar-refractivity contribution in [2.24, 2.45) is 0 Å². The van der Waals surface area contributed by atoms with Gasteiger partial charge in [0, 0.05) is 29.5 Å². The van der Waals surface area contributed by atoms with Crippen LogP contribution < -0.4 is 0 Å². The first-order chi connectivity index (χ1) is 14.8. The van der Waals surface area contributed by atoms with E-state index in [9.17, 15) is 8.42 Å². The van der Waals surface area contributed by atoms with Crippen molar-refractivity contribution in [3.8, 4) is 5.69 Å². The third-order valence-electron chi connectivity index (χ3n) is 6.33. The second-order valence-corrected chi connectivity index (χ2v) is 10.9. The lowest BCUT2D eigenvalue weighted by atomic mass is 9.80. The van der Waals surface area contributed by atoms with Gasteiger partial charge in [-0.25, -0.2) is 8.42 Å². The molecule has 0 bridgehead atoms. The number of fused-ring (bicyclic) bond motifs is 3. The fraction of sp³-hybridized carbons (Fsp3) is 0.476. The Morgan fingerprint density at radius 2 is 1.81 bits per heavy atom. The lowest BCUT2D eigenvalue weighted by molar-refractivity contribution is 0.347. The van der Waals surface area contributed by atoms with E-state index in [4.69, 9.17) is 16.1 Å². The van der Waals surface area contributed by atoms with Gasteiger partial charge >= 0.3 is 0 Å². The molecule has 1 aromatic carbocycles. The van der Waals surface area contributed by atoms with E-state index < -0.39 is 10.0 Å². The van der Waals surface area contributed by atoms with Gasteiger partial charge in [-0.1, -0.05) is 16.8 Å². The van der Waals surface area contributed by atoms with Crippen molar-refractivity contribution >= 4 is 21.6 Å². The number of hydrogen-bond acceptors (Lipinski definition) is 6. The summed E-state index contributed by atoms with van der Waals surface area (Å²) in [5, 5.41) is 13.7. The summed E-state index contributed by atoms with van der Waals surface area (Å²) in [6.45, 7) is 2.36. The molecule has 1 aliphatic carbocycles. The molecule has 8 nitrogen and oxygen atoms in total. The number of rotatable bonds is 3. The highest BCUT2D eigenvalue weighted by Crippen LogP contribution is 2.41. The van der Waals surface area contributed by atoms with E-state index in [1.165, 1.54) is 10.6 Å². The van der Waals surface area contributed by atoms with Crippen LogP contribution in [-0.4, -0.2) is 38.9 Å². The number of sulfonamides is 1. The molecule has 3 aromatic rings. The maximum atomic E-state index is 12.3. The Kier molecular flexibility index (Phi) is 5.15. The molecule has 2 aliphatic rings. The molecule has 1 aliphatic heterocycles. The fourth-order valence-corrected chi connectivity index (χ4v) is 5.64. The van der Waals surface area contributed by atoms with E-state index in [1.54, 1.807) is 0 Å². The lowest BCUT2D eigenvalue weighted by Crippen LogP contribution is -2.28. The molecule has 0 unspecified atom stereocenters. The Labute approximate surface area is 186 Å². The minimum absolute atomic E-state index is 0.186. The second kappa shape index (κ2) is 7.72. The predicted molar refractivity (Wildman–Crippen MR) is 116 cm³/mol. The van der Waals surface area contributed by atoms with Gasteiger partial charge in [0.15, 0.2) is 5.82 Å². The number of nitrogens with zero attached hydrogens (tertiary/aromatic N) is 5. The molecule has 0 radical (unpaired) electrons. The lowest BCUT2D eigenvalue weighted by Gasteiger charge is -2.27. The zero-order chi connectivity index (χ0) is 21.8. The van der Waals surface area contributed by atoms with Crippen LogP contribution in [0.1, 0.15) is 66.2 Å². The summed E-state index contributed by atoms with van der Waals surface area (Å²) in [4.78, 5) is 0. The van der Waals surface area contributed by atoms with Crippen molar-refractivity contribution in [1.82, 2.24) is 24.2 Å². The molecule has 0 saturated heterocycles. The fourth-order valence-electron chi connectivity index (χ4n) is 4.72. The van der Waals surface area contributed by atoms with Crippen LogP contribution in [0.5, 0.6) is 0 Å². The quantitative estimate of drug-likeness (QED) is 0.586. The van der Waals surface area contributed by atoms with Crippen LogP contribution in [0.2, 0.25) is 5.02 Å². The number of halogens is 1. The highest BCUT2D eigenvalue weighted by atomic mass is 35.5. The topological polar surface area (TPSA) is 94.1 Å². The third kappa shape index (κ3) is 3.90. The second-order valence-electron chi connectivity index (χ2n) is 8.52. The highest BCUT2D eigenvalue weighted by molar-refractivity contribution is 7.88. The third-order valence-corrected chi connectivity index (χ3v) is 7.76. The number of hydrogen-bond donors (Lipinski definition) is 0. The van der Waals surface area contributed by atoms with Gasteiger partial charge in [0.05, 0.1) is 24.2 Å². The SMILES string of the molecule is Cc1cc([C@H]2CC[C@H](c3nnc4n3-c3ccc(Cl)cc3CN(S(C)(=O)=O)C4)CC2)no1. The zero-order valence-corrected chi connectivity index (χ0v) is 19.0. The van der Waals surface area contributed by atoms with Crippen LogP contribution in [0.15, 0.2) is 28.8 Å². The summed E-state index contributed by atoms with van der Waals surface area (Å²) in [6, 6.07) is 7.61. The normalized spacial score (nSPS) is 22.0. The summed E-state index contributed by atoms with van der Waals surface area (Å²) in [5.41, 5.74) is 2.78. The van der Waals surface area contributed by atoms with Crippen LogP contribution in [0.3, 0.4) is 0 Å². The number of aromatic nitrogens is 4. The molecule has 2 aromatic heterocycles. The molecule has 0 atom stereocenters. The van der Waals surface area contributed by atoms with Crippen molar-refractivity contribution in [3.05, 3.63) is 58.0 Å². The monoisotopic (exact) mass is 461 g/mol. The first kappa shape index (κ1) is 20.7. The van der Waals surface area contributed by atoms with E-state index in [1.807, 2.05) is 35.8 Å². The molecule has 1 fully saturated rings. The van der Waals surface area contributed by atoms with Gasteiger partial charge in [-0.3, -0.25) is 4.57 Å². The van der Waals surface area contributed by atoms with Gasteiger partial charge in [-0.15, -0.1) is 10.2 Å². The van der Waals surface area contributed by atoms with Gasteiger partial charge in [-0.2, -0.15) is 4.31 Å². The van der Waals surface area contributed by atoms with Gasteiger partial charge in [0.2, 0.25) is 10.0 Å². The van der Waals surface area contributed by atoms with Gasteiger partial charge < -0.3 is 4.52 Å². The molecule has 0 amide bonds. The van der Waals surface area contributed by atoms with Crippen molar-refractivity contribution < 1.29 is 12.9 Å². The largest absolute Gasteiger partial charge is 0.361 e. The Morgan fingerprint density at radius 3 is 2.48 bits per heavy atom. The van der Waals surface area contributed by atoms with Crippen LogP contribution in [0, 0.1) is 6.92 Å². The van der Waals surface area contributed by atoms with Gasteiger partial charge in [0.1, 0.15) is 11.6 Å². The van der Waals surface area contributed by atoms with Crippen molar-refractivity contribution in [2.45, 2.75) is 57.5 Å². The van der Waals surface area contributed by atoms with E-state index in [2.05, 4.69) is 15.4 Å². The number of aryl methyl sites for hydroxylation is 1. The molecule has 31 heavy (non-hydrogen) atoms. The van der Waals surface area contributed by atoms with Crippen LogP contribution in [0.25, 0.3) is 5.69 Å². The van der Waals surface area contributed by atoms with Gasteiger partial charge in [-0.05, 0) is 56.4 Å². The smallest absolute Gasteiger partial charge is 0.211 e. The molecular formula is C21H24ClN5O3S. The van der Waals surface area contributed by atoms with Crippen LogP contribution in [-0.2, 0) is 23.1 Å². The van der Waals surface area contributed by atoms with Gasteiger partial charge in [0.25, 0.3) is 0 Å². The Bertz CT molecular complexity index is 1230. The average Bonchev–Trinajstić information content (AvgIpc) is 3.30. The molecule has 3 heterocycles. The standard InChI is InChI=1S/C21H24ClN5O3S/c1-13-9-18(25-30-13)14-3-5-15(6-4-14)21-24-23-20-12-26(31(2,28)29)11-16-10-17(22)7-8-19(16)27(20)21/h7-10,14-15H,3-6,11-12H2,1-2H3/t14-,15-. The molecule has 1 saturated carbocycles. The highest BCUT2D eigenvalue weighted by Gasteiger charge is 2.33. The van der Waals surface area contributed by atoms with Crippen molar-refractivity contribution in [3.63, 3.8) is 0 Å². The maximum Gasteiger partial charge on any atom is 0.211 e. The number of benzene rings is 1. The molecule has 5 rings (SSSR count). The van der Waals surface area contributed by atoms with E-state index >= 15 is 0 Å². The molecule has 0 N–H and O–H groups in total. The first-order valence-electron chi connectivity index (χ1n) is 10.4. The van der Waals surface area contributed by atoms with Crippen LogP contribution >= 0.6 is 11.6 Å². The van der Waals surface area contributed by atoms with E-state index in [-0.39, 0.29) is 19.0 Å². The minimum atomic E-state index is -3.41. The maximum absolute atomic E-state index is 12.3. The summed E-state index contributed by atoms with van der Waals surface area (Å²) in [5.74, 6) is 3.01. The van der Waals surface area contributed by atoms with Crippen molar-refractivity contribution in [1.29, 1.82) is 0 Å². The van der Waals surface area contributed by atoms with Crippen molar-refractivity contribution in [2.75, 3.05) is 6.26 Å². The molecule has 0 spiro atoms. The Hall–Kier alpha value is -2.23. The average molecular weight is 462 g/mol. The predicted octanol–water partition coefficient (Wildman–Crippen LogP) is 3.93. The molecule has 164 valence electrons. The Morgan fingerprint density at radius 1 is 1.06 bits per heavy atom. The molecule has 10 heteroatoms. The summed E-state index contributed by atoms with van der Waals surface area (Å²) in [7, 11) is -3.41. The summed E-state index contributed by atoms with van der Waals surface area (Å²) in [6.07, 6.45) is 5.15. The Balaban J connectivity index is 1.49. The van der Waals surface area contributed by atoms with E-state index in [0.717, 1.165) is 54.2 Å². The van der Waals surface area contributed by atoms with E-state index in [0.29, 0.717) is 16.8 Å². The van der Waals surface area contributed by atoms with Crippen LogP contribution in [0.4, 0.5) is 0 Å². The zero-order valence-electron chi connectivity index (χ0n) is 17.5. The summed E-state index contributed by atoms with van der Waals surface area (Å²) >= 11 is 6.24. The first-order valence-corrected chi connectivity index (χ1v) is 12.6.